The van der Waals surface area contributed by atoms with Gasteiger partial charge in [0, 0.05) is 4.47 Å². The molecule has 1 aromatic carbocycles. The van der Waals surface area contributed by atoms with Gasteiger partial charge in [0.2, 0.25) is 0 Å². The largest absolute Gasteiger partial charge is 0.389 e. The number of hydrogen-bond acceptors (Lipinski definition) is 1. The van der Waals surface area contributed by atoms with Gasteiger partial charge in [0.15, 0.2) is 0 Å². The van der Waals surface area contributed by atoms with E-state index in [1.54, 1.807) is 6.92 Å². The minimum absolute atomic E-state index is 0.382. The lowest BCUT2D eigenvalue weighted by molar-refractivity contribution is 0.198. The first-order chi connectivity index (χ1) is 5.11. The second-order valence-corrected chi connectivity index (χ2v) is 3.59. The minimum atomic E-state index is -0.382. The lowest BCUT2D eigenvalue weighted by Crippen LogP contribution is -1.93. The smallest absolute Gasteiger partial charge is 0.0764 e. The van der Waals surface area contributed by atoms with Gasteiger partial charge in [-0.3, -0.25) is 0 Å². The van der Waals surface area contributed by atoms with Gasteiger partial charge in [-0.25, -0.2) is 0 Å². The lowest BCUT2D eigenvalue weighted by Gasteiger charge is -2.08. The molecule has 0 amide bonds. The van der Waals surface area contributed by atoms with Crippen LogP contribution in [-0.4, -0.2) is 5.11 Å². The number of benzene rings is 1. The summed E-state index contributed by atoms with van der Waals surface area (Å²) in [5.74, 6) is 0. The van der Waals surface area contributed by atoms with E-state index in [-0.39, 0.29) is 6.10 Å². The molecule has 1 rings (SSSR count). The standard InChI is InChI=1S/C9H11BrO/c1-6-3-4-8(10)5-9(6)7(2)11/h3-5,7,11H,1-2H3. The molecule has 1 N–H and O–H groups in total. The number of aliphatic hydroxyl groups is 1. The summed E-state index contributed by atoms with van der Waals surface area (Å²) < 4.78 is 1.01. The van der Waals surface area contributed by atoms with Crippen molar-refractivity contribution in [3.8, 4) is 0 Å². The van der Waals surface area contributed by atoms with E-state index in [4.69, 9.17) is 0 Å². The van der Waals surface area contributed by atoms with Crippen molar-refractivity contribution in [2.24, 2.45) is 0 Å². The monoisotopic (exact) mass is 214 g/mol. The molecule has 1 aromatic rings. The summed E-state index contributed by atoms with van der Waals surface area (Å²) in [6.07, 6.45) is -0.382. The Morgan fingerprint density at radius 3 is 2.55 bits per heavy atom. The summed E-state index contributed by atoms with van der Waals surface area (Å²) in [7, 11) is 0. The molecular weight excluding hydrogens is 204 g/mol. The van der Waals surface area contributed by atoms with Crippen LogP contribution in [0.1, 0.15) is 24.2 Å². The first-order valence-corrected chi connectivity index (χ1v) is 4.34. The Bertz CT molecular complexity index is 256. The molecule has 0 aliphatic heterocycles. The van der Waals surface area contributed by atoms with Crippen LogP contribution in [0.15, 0.2) is 22.7 Å². The molecule has 0 aromatic heterocycles. The van der Waals surface area contributed by atoms with Crippen molar-refractivity contribution in [2.75, 3.05) is 0 Å². The van der Waals surface area contributed by atoms with Crippen molar-refractivity contribution < 1.29 is 5.11 Å². The second-order valence-electron chi connectivity index (χ2n) is 2.68. The normalized spacial score (nSPS) is 13.1. The Labute approximate surface area is 75.2 Å². The fraction of sp³-hybridized carbons (Fsp3) is 0.333. The molecule has 0 bridgehead atoms. The van der Waals surface area contributed by atoms with Crippen molar-refractivity contribution in [3.05, 3.63) is 33.8 Å². The zero-order valence-electron chi connectivity index (χ0n) is 6.63. The first kappa shape index (κ1) is 8.75. The zero-order chi connectivity index (χ0) is 8.43. The highest BCUT2D eigenvalue weighted by atomic mass is 79.9. The molecule has 11 heavy (non-hydrogen) atoms. The average Bonchev–Trinajstić information content (AvgIpc) is 1.94. The van der Waals surface area contributed by atoms with Gasteiger partial charge in [0.25, 0.3) is 0 Å². The fourth-order valence-corrected chi connectivity index (χ4v) is 1.44. The summed E-state index contributed by atoms with van der Waals surface area (Å²) in [6.45, 7) is 3.77. The molecule has 60 valence electrons. The van der Waals surface area contributed by atoms with Gasteiger partial charge in [0.1, 0.15) is 0 Å². The maximum absolute atomic E-state index is 9.31. The average molecular weight is 215 g/mol. The summed E-state index contributed by atoms with van der Waals surface area (Å²) >= 11 is 3.35. The fourth-order valence-electron chi connectivity index (χ4n) is 1.06. The van der Waals surface area contributed by atoms with Crippen molar-refractivity contribution in [1.29, 1.82) is 0 Å². The van der Waals surface area contributed by atoms with Crippen molar-refractivity contribution >= 4 is 15.9 Å². The summed E-state index contributed by atoms with van der Waals surface area (Å²) in [6, 6.07) is 5.91. The van der Waals surface area contributed by atoms with Gasteiger partial charge in [-0.2, -0.15) is 0 Å². The molecule has 1 nitrogen and oxygen atoms in total. The maximum Gasteiger partial charge on any atom is 0.0764 e. The third-order valence-corrected chi connectivity index (χ3v) is 2.18. The van der Waals surface area contributed by atoms with E-state index >= 15 is 0 Å². The molecule has 0 saturated heterocycles. The van der Waals surface area contributed by atoms with Crippen molar-refractivity contribution in [1.82, 2.24) is 0 Å². The predicted molar refractivity (Wildman–Crippen MR) is 49.5 cm³/mol. The zero-order valence-corrected chi connectivity index (χ0v) is 8.22. The Morgan fingerprint density at radius 2 is 2.09 bits per heavy atom. The van der Waals surface area contributed by atoms with E-state index in [2.05, 4.69) is 15.9 Å². The highest BCUT2D eigenvalue weighted by Crippen LogP contribution is 2.21. The van der Waals surface area contributed by atoms with Crippen LogP contribution >= 0.6 is 15.9 Å². The van der Waals surface area contributed by atoms with E-state index in [0.29, 0.717) is 0 Å². The van der Waals surface area contributed by atoms with E-state index in [1.807, 2.05) is 25.1 Å². The first-order valence-electron chi connectivity index (χ1n) is 3.55. The van der Waals surface area contributed by atoms with Crippen LogP contribution in [0.25, 0.3) is 0 Å². The molecule has 1 atom stereocenters. The highest BCUT2D eigenvalue weighted by molar-refractivity contribution is 9.10. The molecule has 0 heterocycles. The maximum atomic E-state index is 9.31. The number of halogens is 1. The van der Waals surface area contributed by atoms with Crippen LogP contribution in [0.4, 0.5) is 0 Å². The molecule has 0 spiro atoms. The molecule has 0 fully saturated rings. The van der Waals surface area contributed by atoms with Gasteiger partial charge in [-0.05, 0) is 37.1 Å². The third-order valence-electron chi connectivity index (χ3n) is 1.69. The van der Waals surface area contributed by atoms with Gasteiger partial charge in [0.05, 0.1) is 6.10 Å². The van der Waals surface area contributed by atoms with Gasteiger partial charge in [-0.15, -0.1) is 0 Å². The Hall–Kier alpha value is -0.340. The second kappa shape index (κ2) is 3.37. The molecule has 0 saturated carbocycles. The topological polar surface area (TPSA) is 20.2 Å². The van der Waals surface area contributed by atoms with Crippen LogP contribution in [0.3, 0.4) is 0 Å². The van der Waals surface area contributed by atoms with Crippen LogP contribution in [-0.2, 0) is 0 Å². The van der Waals surface area contributed by atoms with Crippen LogP contribution in [0.2, 0.25) is 0 Å². The number of hydrogen-bond donors (Lipinski definition) is 1. The van der Waals surface area contributed by atoms with Gasteiger partial charge < -0.3 is 5.11 Å². The van der Waals surface area contributed by atoms with Crippen LogP contribution in [0.5, 0.6) is 0 Å². The molecular formula is C9H11BrO. The predicted octanol–water partition coefficient (Wildman–Crippen LogP) is 2.81. The Balaban J connectivity index is 3.13. The third kappa shape index (κ3) is 2.04. The summed E-state index contributed by atoms with van der Waals surface area (Å²) in [5, 5.41) is 9.31. The molecule has 2 heteroatoms. The summed E-state index contributed by atoms with van der Waals surface area (Å²) in [4.78, 5) is 0. The quantitative estimate of drug-likeness (QED) is 0.763. The highest BCUT2D eigenvalue weighted by Gasteiger charge is 2.03. The number of rotatable bonds is 1. The lowest BCUT2D eigenvalue weighted by atomic mass is 10.1. The van der Waals surface area contributed by atoms with Crippen LogP contribution < -0.4 is 0 Å². The van der Waals surface area contributed by atoms with E-state index in [0.717, 1.165) is 15.6 Å². The van der Waals surface area contributed by atoms with E-state index in [1.165, 1.54) is 0 Å². The summed E-state index contributed by atoms with van der Waals surface area (Å²) in [5.41, 5.74) is 2.11. The van der Waals surface area contributed by atoms with Gasteiger partial charge >= 0.3 is 0 Å². The molecule has 0 aliphatic rings. The molecule has 0 aliphatic carbocycles. The van der Waals surface area contributed by atoms with E-state index in [9.17, 15) is 5.11 Å². The number of aliphatic hydroxyl groups excluding tert-OH is 1. The SMILES string of the molecule is Cc1ccc(Br)cc1C(C)O. The van der Waals surface area contributed by atoms with Crippen molar-refractivity contribution in [3.63, 3.8) is 0 Å². The van der Waals surface area contributed by atoms with Crippen LogP contribution in [0, 0.1) is 6.92 Å². The molecule has 1 unspecified atom stereocenters. The molecule has 0 radical (unpaired) electrons. The van der Waals surface area contributed by atoms with Gasteiger partial charge in [-0.1, -0.05) is 22.0 Å². The van der Waals surface area contributed by atoms with Crippen molar-refractivity contribution in [2.45, 2.75) is 20.0 Å². The van der Waals surface area contributed by atoms with E-state index < -0.39 is 0 Å². The minimum Gasteiger partial charge on any atom is -0.389 e. The number of aryl methyl sites for hydroxylation is 1. The Kier molecular flexibility index (Phi) is 2.68. The Morgan fingerprint density at radius 1 is 1.45 bits per heavy atom.